The Labute approximate surface area is 167 Å². The summed E-state index contributed by atoms with van der Waals surface area (Å²) in [7, 11) is -4.03. The summed E-state index contributed by atoms with van der Waals surface area (Å²) in [5, 5.41) is 2.59. The molecule has 29 heavy (non-hydrogen) atoms. The number of halogens is 2. The van der Waals surface area contributed by atoms with Gasteiger partial charge in [-0.1, -0.05) is 30.3 Å². The van der Waals surface area contributed by atoms with Crippen molar-refractivity contribution in [2.75, 3.05) is 4.72 Å². The van der Waals surface area contributed by atoms with Crippen LogP contribution in [-0.2, 0) is 16.6 Å². The number of nitrogens with one attached hydrogen (secondary N) is 2. The zero-order valence-corrected chi connectivity index (χ0v) is 16.3. The Morgan fingerprint density at radius 3 is 2.41 bits per heavy atom. The van der Waals surface area contributed by atoms with Crippen LogP contribution in [0.5, 0.6) is 0 Å². The molecule has 0 heterocycles. The molecule has 0 aliphatic heterocycles. The minimum Gasteiger partial charge on any atom is -0.348 e. The minimum atomic E-state index is -4.03. The van der Waals surface area contributed by atoms with E-state index < -0.39 is 27.6 Å². The van der Waals surface area contributed by atoms with Crippen LogP contribution >= 0.6 is 0 Å². The molecule has 0 saturated carbocycles. The Bertz CT molecular complexity index is 1160. The lowest BCUT2D eigenvalue weighted by molar-refractivity contribution is 0.0950. The van der Waals surface area contributed by atoms with E-state index in [0.717, 1.165) is 6.07 Å². The number of carbonyl (C=O) groups excluding carboxylic acids is 1. The molecule has 0 spiro atoms. The first-order valence-electron chi connectivity index (χ1n) is 8.67. The summed E-state index contributed by atoms with van der Waals surface area (Å²) in [6, 6.07) is 15.5. The molecule has 0 atom stereocenters. The van der Waals surface area contributed by atoms with Crippen molar-refractivity contribution < 1.29 is 22.0 Å². The third kappa shape index (κ3) is 4.97. The van der Waals surface area contributed by atoms with Gasteiger partial charge in [0.15, 0.2) is 0 Å². The Kier molecular flexibility index (Phi) is 5.93. The van der Waals surface area contributed by atoms with E-state index in [1.165, 1.54) is 49.4 Å². The van der Waals surface area contributed by atoms with Crippen LogP contribution in [0.3, 0.4) is 0 Å². The molecule has 8 heteroatoms. The van der Waals surface area contributed by atoms with E-state index in [1.54, 1.807) is 18.2 Å². The molecular formula is C21H18F2N2O3S. The summed E-state index contributed by atoms with van der Waals surface area (Å²) in [5.74, 6) is -1.55. The summed E-state index contributed by atoms with van der Waals surface area (Å²) in [4.78, 5) is 12.1. The molecule has 0 fully saturated rings. The summed E-state index contributed by atoms with van der Waals surface area (Å²) in [6.45, 7) is 1.52. The fourth-order valence-corrected chi connectivity index (χ4v) is 3.66. The molecule has 150 valence electrons. The lowest BCUT2D eigenvalue weighted by Crippen LogP contribution is -2.23. The third-order valence-electron chi connectivity index (χ3n) is 4.23. The van der Waals surface area contributed by atoms with E-state index >= 15 is 0 Å². The van der Waals surface area contributed by atoms with Crippen LogP contribution < -0.4 is 10.0 Å². The average Bonchev–Trinajstić information content (AvgIpc) is 2.69. The number of anilines is 1. The van der Waals surface area contributed by atoms with Gasteiger partial charge >= 0.3 is 0 Å². The van der Waals surface area contributed by atoms with E-state index in [2.05, 4.69) is 10.0 Å². The van der Waals surface area contributed by atoms with Crippen molar-refractivity contribution in [3.63, 3.8) is 0 Å². The van der Waals surface area contributed by atoms with Gasteiger partial charge in [-0.05, 0) is 48.9 Å². The van der Waals surface area contributed by atoms with Crippen molar-refractivity contribution in [3.8, 4) is 0 Å². The smallest absolute Gasteiger partial charge is 0.261 e. The van der Waals surface area contributed by atoms with E-state index in [0.29, 0.717) is 11.1 Å². The van der Waals surface area contributed by atoms with Gasteiger partial charge in [0.25, 0.3) is 15.9 Å². The zero-order valence-electron chi connectivity index (χ0n) is 15.4. The second kappa shape index (κ2) is 8.40. The van der Waals surface area contributed by atoms with Gasteiger partial charge in [0.05, 0.1) is 4.90 Å². The molecule has 0 saturated heterocycles. The molecule has 3 aromatic carbocycles. The van der Waals surface area contributed by atoms with Gasteiger partial charge in [-0.15, -0.1) is 0 Å². The van der Waals surface area contributed by atoms with Gasteiger partial charge < -0.3 is 5.32 Å². The van der Waals surface area contributed by atoms with E-state index in [1.807, 2.05) is 0 Å². The van der Waals surface area contributed by atoms with Gasteiger partial charge in [-0.2, -0.15) is 0 Å². The molecule has 3 aromatic rings. The second-order valence-corrected chi connectivity index (χ2v) is 8.05. The first-order chi connectivity index (χ1) is 13.8. The number of sulfonamides is 1. The number of hydrogen-bond acceptors (Lipinski definition) is 3. The lowest BCUT2D eigenvalue weighted by atomic mass is 10.1. The number of hydrogen-bond donors (Lipinski definition) is 2. The number of benzene rings is 3. The fourth-order valence-electron chi connectivity index (χ4n) is 2.60. The topological polar surface area (TPSA) is 75.3 Å². The van der Waals surface area contributed by atoms with Gasteiger partial charge in [-0.25, -0.2) is 17.2 Å². The molecule has 0 aromatic heterocycles. The Balaban J connectivity index is 1.74. The predicted molar refractivity (Wildman–Crippen MR) is 106 cm³/mol. The molecule has 0 radical (unpaired) electrons. The maximum atomic E-state index is 13.7. The summed E-state index contributed by atoms with van der Waals surface area (Å²) >= 11 is 0. The zero-order chi connectivity index (χ0) is 21.0. The van der Waals surface area contributed by atoms with E-state index in [-0.39, 0.29) is 22.7 Å². The number of aryl methyl sites for hydroxylation is 1. The minimum absolute atomic E-state index is 0.00982. The highest BCUT2D eigenvalue weighted by molar-refractivity contribution is 7.92. The molecule has 3 rings (SSSR count). The maximum absolute atomic E-state index is 13.7. The van der Waals surface area contributed by atoms with E-state index in [9.17, 15) is 22.0 Å². The highest BCUT2D eigenvalue weighted by Crippen LogP contribution is 2.19. The van der Waals surface area contributed by atoms with E-state index in [4.69, 9.17) is 0 Å². The van der Waals surface area contributed by atoms with Crippen molar-refractivity contribution in [1.29, 1.82) is 0 Å². The van der Waals surface area contributed by atoms with Gasteiger partial charge in [0.1, 0.15) is 11.6 Å². The average molecular weight is 416 g/mol. The Morgan fingerprint density at radius 1 is 0.931 bits per heavy atom. The van der Waals surface area contributed by atoms with Crippen LogP contribution in [0.15, 0.2) is 71.6 Å². The maximum Gasteiger partial charge on any atom is 0.261 e. The highest BCUT2D eigenvalue weighted by atomic mass is 32.2. The Morgan fingerprint density at radius 2 is 1.69 bits per heavy atom. The van der Waals surface area contributed by atoms with Crippen molar-refractivity contribution in [2.45, 2.75) is 18.4 Å². The van der Waals surface area contributed by atoms with Gasteiger partial charge in [-0.3, -0.25) is 9.52 Å². The first-order valence-corrected chi connectivity index (χ1v) is 10.2. The summed E-state index contributed by atoms with van der Waals surface area (Å²) < 4.78 is 54.6. The molecule has 0 bridgehead atoms. The molecule has 2 N–H and O–H groups in total. The van der Waals surface area contributed by atoms with Gasteiger partial charge in [0.2, 0.25) is 0 Å². The van der Waals surface area contributed by atoms with Crippen LogP contribution in [0.2, 0.25) is 0 Å². The third-order valence-corrected chi connectivity index (χ3v) is 5.61. The number of amides is 1. The van der Waals surface area contributed by atoms with Crippen molar-refractivity contribution in [3.05, 3.63) is 95.1 Å². The largest absolute Gasteiger partial charge is 0.348 e. The summed E-state index contributed by atoms with van der Waals surface area (Å²) in [5.41, 5.74) is 0.998. The first kappa shape index (κ1) is 20.5. The lowest BCUT2D eigenvalue weighted by Gasteiger charge is -2.11. The highest BCUT2D eigenvalue weighted by Gasteiger charge is 2.17. The van der Waals surface area contributed by atoms with Gasteiger partial charge in [0, 0.05) is 23.4 Å². The number of rotatable bonds is 6. The Hall–Kier alpha value is -3.26. The van der Waals surface area contributed by atoms with Crippen molar-refractivity contribution >= 4 is 21.6 Å². The molecule has 0 unspecified atom stereocenters. The number of carbonyl (C=O) groups is 1. The van der Waals surface area contributed by atoms with Crippen LogP contribution in [0, 0.1) is 18.6 Å². The summed E-state index contributed by atoms with van der Waals surface area (Å²) in [6.07, 6.45) is 0. The molecule has 0 aliphatic rings. The fraction of sp³-hybridized carbons (Fsp3) is 0.0952. The molecule has 1 amide bonds. The monoisotopic (exact) mass is 416 g/mol. The SMILES string of the molecule is Cc1ccc(S(=O)(=O)Nc2cccc(C(=O)NCc3ccccc3F)c2)cc1F. The van der Waals surface area contributed by atoms with Crippen molar-refractivity contribution in [2.24, 2.45) is 0 Å². The molecule has 5 nitrogen and oxygen atoms in total. The van der Waals surface area contributed by atoms with Crippen LogP contribution in [-0.4, -0.2) is 14.3 Å². The normalized spacial score (nSPS) is 11.1. The predicted octanol–water partition coefficient (Wildman–Crippen LogP) is 4.00. The quantitative estimate of drug-likeness (QED) is 0.638. The van der Waals surface area contributed by atoms with Crippen molar-refractivity contribution in [1.82, 2.24) is 5.32 Å². The van der Waals surface area contributed by atoms with Crippen LogP contribution in [0.1, 0.15) is 21.5 Å². The molecular weight excluding hydrogens is 398 g/mol. The standard InChI is InChI=1S/C21H18F2N2O3S/c1-14-9-10-18(12-20(14)23)29(27,28)25-17-7-4-6-15(11-17)21(26)24-13-16-5-2-3-8-19(16)22/h2-12,25H,13H2,1H3,(H,24,26). The second-order valence-electron chi connectivity index (χ2n) is 6.37. The van der Waals surface area contributed by atoms with Crippen LogP contribution in [0.25, 0.3) is 0 Å². The van der Waals surface area contributed by atoms with Crippen LogP contribution in [0.4, 0.5) is 14.5 Å². The molecule has 0 aliphatic carbocycles.